The lowest BCUT2D eigenvalue weighted by atomic mass is 9.83. The van der Waals surface area contributed by atoms with Crippen molar-refractivity contribution in [2.75, 3.05) is 0 Å². The van der Waals surface area contributed by atoms with Gasteiger partial charge in [-0.05, 0) is 112 Å². The van der Waals surface area contributed by atoms with Gasteiger partial charge in [0.15, 0.2) is 0 Å². The van der Waals surface area contributed by atoms with Gasteiger partial charge in [0.05, 0.1) is 0 Å². The number of hydrogen-bond acceptors (Lipinski definition) is 0. The largest absolute Gasteiger partial charge is 0.0622 e. The molecule has 0 aromatic heterocycles. The number of rotatable bonds is 4. The molecule has 0 N–H and O–H groups in total. The normalized spacial score (nSPS) is 11.5. The Balaban J connectivity index is 1.38. The van der Waals surface area contributed by atoms with E-state index in [1.165, 1.54) is 87.6 Å². The monoisotopic (exact) mass is 582 g/mol. The second-order valence-electron chi connectivity index (χ2n) is 12.1. The molecule has 0 bridgehead atoms. The maximum absolute atomic E-state index is 2.41. The van der Waals surface area contributed by atoms with E-state index in [1.807, 2.05) is 0 Å². The minimum atomic E-state index is 1.22. The van der Waals surface area contributed by atoms with Gasteiger partial charge in [-0.1, -0.05) is 158 Å². The summed E-state index contributed by atoms with van der Waals surface area (Å²) in [6.45, 7) is 0. The van der Waals surface area contributed by atoms with Gasteiger partial charge < -0.3 is 0 Å². The fraction of sp³-hybridized carbons (Fsp3) is 0. The number of hydrogen-bond donors (Lipinski definition) is 0. The molecule has 9 aromatic rings. The van der Waals surface area contributed by atoms with E-state index < -0.39 is 0 Å². The van der Waals surface area contributed by atoms with Gasteiger partial charge in [-0.25, -0.2) is 0 Å². The van der Waals surface area contributed by atoms with Crippen LogP contribution >= 0.6 is 0 Å². The average Bonchev–Trinajstić information content (AvgIpc) is 3.13. The number of fused-ring (bicyclic) bond motifs is 4. The van der Waals surface area contributed by atoms with Crippen molar-refractivity contribution >= 4 is 43.1 Å². The standard InChI is InChI=1S/C46H30/c1-3-13-33(14-4-1)45-41-25-23-39(37-21-19-31-11-7-9-17-35(31)27-37)29-43(41)46(34-15-5-2-6-16-34)44-30-40(24-26-42(44)45)38-22-20-32-12-8-10-18-36(32)28-38/h1-30H. The number of benzene rings is 9. The molecule has 0 fully saturated rings. The highest BCUT2D eigenvalue weighted by molar-refractivity contribution is 6.22. The van der Waals surface area contributed by atoms with E-state index in [1.54, 1.807) is 0 Å². The molecule has 0 unspecified atom stereocenters. The quantitative estimate of drug-likeness (QED) is 0.181. The molecule has 46 heavy (non-hydrogen) atoms. The van der Waals surface area contributed by atoms with E-state index in [0.717, 1.165) is 0 Å². The van der Waals surface area contributed by atoms with Gasteiger partial charge in [0.1, 0.15) is 0 Å². The van der Waals surface area contributed by atoms with Gasteiger partial charge in [-0.3, -0.25) is 0 Å². The Labute approximate surface area is 268 Å². The van der Waals surface area contributed by atoms with Gasteiger partial charge in [-0.2, -0.15) is 0 Å². The van der Waals surface area contributed by atoms with Crippen molar-refractivity contribution in [3.63, 3.8) is 0 Å². The van der Waals surface area contributed by atoms with E-state index in [0.29, 0.717) is 0 Å². The average molecular weight is 583 g/mol. The van der Waals surface area contributed by atoms with Gasteiger partial charge >= 0.3 is 0 Å². The molecule has 0 atom stereocenters. The van der Waals surface area contributed by atoms with Crippen LogP contribution < -0.4 is 0 Å². The van der Waals surface area contributed by atoms with Crippen LogP contribution in [0, 0.1) is 0 Å². The van der Waals surface area contributed by atoms with Crippen molar-refractivity contribution in [1.82, 2.24) is 0 Å². The molecule has 0 nitrogen and oxygen atoms in total. The first-order valence-electron chi connectivity index (χ1n) is 15.9. The van der Waals surface area contributed by atoms with E-state index in [4.69, 9.17) is 0 Å². The summed E-state index contributed by atoms with van der Waals surface area (Å²) in [5, 5.41) is 10.1. The molecular formula is C46H30. The highest BCUT2D eigenvalue weighted by Crippen LogP contribution is 2.46. The summed E-state index contributed by atoms with van der Waals surface area (Å²) in [6.07, 6.45) is 0. The lowest BCUT2D eigenvalue weighted by Crippen LogP contribution is -1.92. The van der Waals surface area contributed by atoms with E-state index in [-0.39, 0.29) is 0 Å². The van der Waals surface area contributed by atoms with E-state index >= 15 is 0 Å². The minimum absolute atomic E-state index is 1.22. The zero-order chi connectivity index (χ0) is 30.5. The third-order valence-corrected chi connectivity index (χ3v) is 9.41. The molecular weight excluding hydrogens is 553 g/mol. The maximum atomic E-state index is 2.41. The highest BCUT2D eigenvalue weighted by atomic mass is 14.2. The van der Waals surface area contributed by atoms with Crippen LogP contribution in [0.4, 0.5) is 0 Å². The van der Waals surface area contributed by atoms with Crippen LogP contribution in [0.25, 0.3) is 87.6 Å². The van der Waals surface area contributed by atoms with Gasteiger partial charge in [0.2, 0.25) is 0 Å². The summed E-state index contributed by atoms with van der Waals surface area (Å²) in [5.41, 5.74) is 9.91. The molecule has 0 aliphatic heterocycles. The van der Waals surface area contributed by atoms with Crippen LogP contribution in [-0.2, 0) is 0 Å². The van der Waals surface area contributed by atoms with Crippen molar-refractivity contribution in [2.24, 2.45) is 0 Å². The predicted octanol–water partition coefficient (Wildman–Crippen LogP) is 13.0. The molecule has 0 saturated heterocycles. The summed E-state index contributed by atoms with van der Waals surface area (Å²) < 4.78 is 0. The van der Waals surface area contributed by atoms with Crippen LogP contribution in [0.1, 0.15) is 0 Å². The van der Waals surface area contributed by atoms with Crippen LogP contribution in [0.2, 0.25) is 0 Å². The Morgan fingerprint density at radius 3 is 1.00 bits per heavy atom. The zero-order valence-electron chi connectivity index (χ0n) is 25.3. The zero-order valence-corrected chi connectivity index (χ0v) is 25.3. The fourth-order valence-electron chi connectivity index (χ4n) is 7.16. The third kappa shape index (κ3) is 4.47. The van der Waals surface area contributed by atoms with Gasteiger partial charge in [0.25, 0.3) is 0 Å². The summed E-state index contributed by atoms with van der Waals surface area (Å²) in [5.74, 6) is 0. The second kappa shape index (κ2) is 10.9. The molecule has 9 aromatic carbocycles. The smallest absolute Gasteiger partial charge is 0.00259 e. The van der Waals surface area contributed by atoms with Crippen molar-refractivity contribution in [3.8, 4) is 44.5 Å². The molecule has 0 heteroatoms. The molecule has 0 heterocycles. The van der Waals surface area contributed by atoms with Gasteiger partial charge in [-0.15, -0.1) is 0 Å². The van der Waals surface area contributed by atoms with Crippen LogP contribution in [0.5, 0.6) is 0 Å². The lowest BCUT2D eigenvalue weighted by molar-refractivity contribution is 1.63. The molecule has 0 saturated carbocycles. The summed E-state index contributed by atoms with van der Waals surface area (Å²) in [4.78, 5) is 0. The summed E-state index contributed by atoms with van der Waals surface area (Å²) >= 11 is 0. The van der Waals surface area contributed by atoms with Gasteiger partial charge in [0, 0.05) is 0 Å². The first kappa shape index (κ1) is 26.4. The van der Waals surface area contributed by atoms with Crippen LogP contribution in [0.15, 0.2) is 182 Å². The second-order valence-corrected chi connectivity index (χ2v) is 12.1. The summed E-state index contributed by atoms with van der Waals surface area (Å²) in [7, 11) is 0. The predicted molar refractivity (Wildman–Crippen MR) is 198 cm³/mol. The van der Waals surface area contributed by atoms with Crippen LogP contribution in [-0.4, -0.2) is 0 Å². The topological polar surface area (TPSA) is 0 Å². The van der Waals surface area contributed by atoms with E-state index in [2.05, 4.69) is 182 Å². The van der Waals surface area contributed by atoms with E-state index in [9.17, 15) is 0 Å². The Hall–Kier alpha value is -5.98. The van der Waals surface area contributed by atoms with Crippen molar-refractivity contribution in [2.45, 2.75) is 0 Å². The lowest BCUT2D eigenvalue weighted by Gasteiger charge is -2.20. The molecule has 0 aliphatic carbocycles. The van der Waals surface area contributed by atoms with Crippen molar-refractivity contribution < 1.29 is 0 Å². The minimum Gasteiger partial charge on any atom is -0.0622 e. The Kier molecular flexibility index (Phi) is 6.25. The molecule has 0 spiro atoms. The van der Waals surface area contributed by atoms with Crippen molar-refractivity contribution in [1.29, 1.82) is 0 Å². The first-order valence-corrected chi connectivity index (χ1v) is 15.9. The highest BCUT2D eigenvalue weighted by Gasteiger charge is 2.18. The SMILES string of the molecule is c1ccc(-c2c3ccc(-c4ccc5ccccc5c4)cc3c(-c3ccccc3)c3cc(-c4ccc5ccccc5c4)ccc23)cc1. The molecule has 9 rings (SSSR count). The molecule has 0 radical (unpaired) electrons. The molecule has 0 aliphatic rings. The molecule has 214 valence electrons. The third-order valence-electron chi connectivity index (χ3n) is 9.41. The Bertz CT molecular complexity index is 2420. The first-order chi connectivity index (χ1) is 22.8. The molecule has 0 amide bonds. The maximum Gasteiger partial charge on any atom is -0.00259 e. The Morgan fingerprint density at radius 1 is 0.196 bits per heavy atom. The van der Waals surface area contributed by atoms with Crippen LogP contribution in [0.3, 0.4) is 0 Å². The fourth-order valence-corrected chi connectivity index (χ4v) is 7.16. The summed E-state index contributed by atoms with van der Waals surface area (Å²) in [6, 6.07) is 66.7. The Morgan fingerprint density at radius 2 is 0.543 bits per heavy atom. The van der Waals surface area contributed by atoms with Crippen molar-refractivity contribution in [3.05, 3.63) is 182 Å².